The monoisotopic (exact) mass is 437 g/mol. The van der Waals surface area contributed by atoms with Crippen molar-refractivity contribution in [2.45, 2.75) is 0 Å². The average Bonchev–Trinajstić information content (AvgIpc) is 2.76. The van der Waals surface area contributed by atoms with Crippen LogP contribution in [0, 0.1) is 0 Å². The Bertz CT molecular complexity index is 1200. The number of carbonyl (C=O) groups excluding carboxylic acids is 1. The lowest BCUT2D eigenvalue weighted by Crippen LogP contribution is -2.39. The minimum absolute atomic E-state index is 0.390. The molecule has 0 aliphatic carbocycles. The number of ether oxygens (including phenoxy) is 1. The number of carbonyl (C=O) groups is 1. The molecule has 0 aliphatic heterocycles. The van der Waals surface area contributed by atoms with E-state index in [-0.39, 0.29) is 0 Å². The van der Waals surface area contributed by atoms with E-state index >= 15 is 0 Å². The van der Waals surface area contributed by atoms with E-state index in [0.29, 0.717) is 18.0 Å². The molecule has 31 heavy (non-hydrogen) atoms. The van der Waals surface area contributed by atoms with E-state index in [1.165, 1.54) is 6.21 Å². The molecule has 0 atom stereocenters. The second-order valence-electron chi connectivity index (χ2n) is 6.73. The molecule has 0 saturated heterocycles. The van der Waals surface area contributed by atoms with Gasteiger partial charge in [0.15, 0.2) is 0 Å². The fourth-order valence-corrected chi connectivity index (χ4v) is 3.82. The van der Waals surface area contributed by atoms with Gasteiger partial charge in [0.1, 0.15) is 18.9 Å². The van der Waals surface area contributed by atoms with E-state index in [0.717, 1.165) is 26.9 Å². The number of rotatable bonds is 9. The maximum Gasteiger partial charge on any atom is 0.260 e. The topological polar surface area (TPSA) is 88.1 Å². The number of fused-ring (bicyclic) bond motifs is 1. The van der Waals surface area contributed by atoms with Gasteiger partial charge in [0.05, 0.1) is 18.2 Å². The first-order valence-electron chi connectivity index (χ1n) is 9.49. The fourth-order valence-electron chi connectivity index (χ4n) is 2.96. The fraction of sp³-hybridized carbons (Fsp3) is 0.130. The zero-order chi connectivity index (χ0) is 22.3. The summed E-state index contributed by atoms with van der Waals surface area (Å²) in [6.07, 6.45) is 4.20. The number of benzene rings is 3. The molecule has 160 valence electrons. The van der Waals surface area contributed by atoms with Crippen molar-refractivity contribution >= 4 is 38.6 Å². The highest BCUT2D eigenvalue weighted by molar-refractivity contribution is 7.92. The van der Waals surface area contributed by atoms with Crippen LogP contribution in [0.3, 0.4) is 0 Å². The van der Waals surface area contributed by atoms with Crippen LogP contribution in [0.25, 0.3) is 10.8 Å². The van der Waals surface area contributed by atoms with Gasteiger partial charge in [0, 0.05) is 5.39 Å². The summed E-state index contributed by atoms with van der Waals surface area (Å²) < 4.78 is 31.3. The van der Waals surface area contributed by atoms with Gasteiger partial charge in [-0.2, -0.15) is 5.10 Å². The minimum Gasteiger partial charge on any atom is -0.490 e. The molecule has 1 amide bonds. The predicted octanol–water partition coefficient (Wildman–Crippen LogP) is 3.32. The third-order valence-electron chi connectivity index (χ3n) is 4.37. The second kappa shape index (κ2) is 9.90. The predicted molar refractivity (Wildman–Crippen MR) is 124 cm³/mol. The molecule has 0 spiro atoms. The standard InChI is InChI=1S/C23H23N3O4S/c1-3-15-30-20-13-11-18(12-14-20)16-24-25-23(27)17-26(31(2,28)29)22-10-6-8-19-7-4-5-9-21(19)22/h3-14,16H,1,15,17H2,2H3,(H,25,27)/b24-16-. The molecule has 3 aromatic rings. The van der Waals surface area contributed by atoms with Crippen LogP contribution >= 0.6 is 0 Å². The lowest BCUT2D eigenvalue weighted by atomic mass is 10.1. The number of hydrazone groups is 1. The number of sulfonamides is 1. The Labute approximate surface area is 181 Å². The van der Waals surface area contributed by atoms with Gasteiger partial charge in [-0.15, -0.1) is 0 Å². The zero-order valence-electron chi connectivity index (χ0n) is 17.1. The van der Waals surface area contributed by atoms with Crippen molar-refractivity contribution in [2.24, 2.45) is 5.10 Å². The zero-order valence-corrected chi connectivity index (χ0v) is 17.9. The van der Waals surface area contributed by atoms with E-state index in [1.807, 2.05) is 30.3 Å². The highest BCUT2D eigenvalue weighted by Gasteiger charge is 2.22. The Morgan fingerprint density at radius 3 is 2.52 bits per heavy atom. The molecular formula is C23H23N3O4S. The van der Waals surface area contributed by atoms with Crippen molar-refractivity contribution in [1.82, 2.24) is 5.43 Å². The molecular weight excluding hydrogens is 414 g/mol. The minimum atomic E-state index is -3.69. The summed E-state index contributed by atoms with van der Waals surface area (Å²) in [5, 5.41) is 5.54. The van der Waals surface area contributed by atoms with E-state index in [9.17, 15) is 13.2 Å². The molecule has 0 fully saturated rings. The van der Waals surface area contributed by atoms with Crippen molar-refractivity contribution < 1.29 is 17.9 Å². The van der Waals surface area contributed by atoms with Gasteiger partial charge in [-0.25, -0.2) is 13.8 Å². The molecule has 8 heteroatoms. The van der Waals surface area contributed by atoms with Gasteiger partial charge in [-0.3, -0.25) is 9.10 Å². The van der Waals surface area contributed by atoms with Crippen LogP contribution in [0.15, 0.2) is 84.5 Å². The lowest BCUT2D eigenvalue weighted by molar-refractivity contribution is -0.119. The third kappa shape index (κ3) is 5.93. The Kier molecular flexibility index (Phi) is 7.04. The summed E-state index contributed by atoms with van der Waals surface area (Å²) >= 11 is 0. The first-order chi connectivity index (χ1) is 14.9. The van der Waals surface area contributed by atoms with Crippen molar-refractivity contribution in [2.75, 3.05) is 23.7 Å². The molecule has 0 heterocycles. The summed E-state index contributed by atoms with van der Waals surface area (Å²) in [6.45, 7) is 3.62. The van der Waals surface area contributed by atoms with Crippen LogP contribution in [0.2, 0.25) is 0 Å². The summed E-state index contributed by atoms with van der Waals surface area (Å²) in [6, 6.07) is 19.8. The molecule has 0 aliphatic rings. The molecule has 3 rings (SSSR count). The highest BCUT2D eigenvalue weighted by atomic mass is 32.2. The molecule has 3 aromatic carbocycles. The number of nitrogens with one attached hydrogen (secondary N) is 1. The van der Waals surface area contributed by atoms with E-state index in [4.69, 9.17) is 4.74 Å². The Balaban J connectivity index is 1.70. The first-order valence-corrected chi connectivity index (χ1v) is 11.3. The van der Waals surface area contributed by atoms with Crippen LogP contribution in [0.4, 0.5) is 5.69 Å². The lowest BCUT2D eigenvalue weighted by Gasteiger charge is -2.23. The molecule has 0 radical (unpaired) electrons. The maximum absolute atomic E-state index is 12.4. The Hall–Kier alpha value is -3.65. The summed E-state index contributed by atoms with van der Waals surface area (Å²) in [5.74, 6) is 0.139. The maximum atomic E-state index is 12.4. The average molecular weight is 438 g/mol. The van der Waals surface area contributed by atoms with E-state index in [1.54, 1.807) is 42.5 Å². The Morgan fingerprint density at radius 2 is 1.81 bits per heavy atom. The van der Waals surface area contributed by atoms with Gasteiger partial charge in [0.25, 0.3) is 5.91 Å². The number of amides is 1. The third-order valence-corrected chi connectivity index (χ3v) is 5.50. The molecule has 0 aromatic heterocycles. The number of hydrogen-bond acceptors (Lipinski definition) is 5. The quantitative estimate of drug-likeness (QED) is 0.316. The summed E-state index contributed by atoms with van der Waals surface area (Å²) in [5.41, 5.74) is 3.57. The normalized spacial score (nSPS) is 11.4. The van der Waals surface area contributed by atoms with Gasteiger partial charge >= 0.3 is 0 Å². The summed E-state index contributed by atoms with van der Waals surface area (Å²) in [4.78, 5) is 12.4. The van der Waals surface area contributed by atoms with Crippen LogP contribution < -0.4 is 14.5 Å². The molecule has 1 N–H and O–H groups in total. The largest absolute Gasteiger partial charge is 0.490 e. The second-order valence-corrected chi connectivity index (χ2v) is 8.64. The summed E-state index contributed by atoms with van der Waals surface area (Å²) in [7, 11) is -3.69. The van der Waals surface area contributed by atoms with Crippen molar-refractivity contribution in [3.8, 4) is 5.75 Å². The van der Waals surface area contributed by atoms with Crippen LogP contribution in [-0.4, -0.2) is 39.9 Å². The van der Waals surface area contributed by atoms with Crippen molar-refractivity contribution in [3.63, 3.8) is 0 Å². The smallest absolute Gasteiger partial charge is 0.260 e. The van der Waals surface area contributed by atoms with Crippen molar-refractivity contribution in [1.29, 1.82) is 0 Å². The number of hydrogen-bond donors (Lipinski definition) is 1. The van der Waals surface area contributed by atoms with E-state index in [2.05, 4.69) is 17.1 Å². The number of nitrogens with zero attached hydrogens (tertiary/aromatic N) is 2. The van der Waals surface area contributed by atoms with E-state index < -0.39 is 22.5 Å². The van der Waals surface area contributed by atoms with Crippen LogP contribution in [0.1, 0.15) is 5.56 Å². The highest BCUT2D eigenvalue weighted by Crippen LogP contribution is 2.28. The molecule has 0 bridgehead atoms. The van der Waals surface area contributed by atoms with Gasteiger partial charge in [0.2, 0.25) is 10.0 Å². The van der Waals surface area contributed by atoms with Gasteiger partial charge in [-0.1, -0.05) is 49.1 Å². The van der Waals surface area contributed by atoms with Crippen LogP contribution in [-0.2, 0) is 14.8 Å². The SMILES string of the molecule is C=CCOc1ccc(/C=N\NC(=O)CN(c2cccc3ccccc23)S(C)(=O)=O)cc1. The molecule has 0 saturated carbocycles. The van der Waals surface area contributed by atoms with Gasteiger partial charge in [-0.05, 0) is 41.3 Å². The molecule has 7 nitrogen and oxygen atoms in total. The first kappa shape index (κ1) is 22.0. The van der Waals surface area contributed by atoms with Gasteiger partial charge < -0.3 is 4.74 Å². The van der Waals surface area contributed by atoms with Crippen LogP contribution in [0.5, 0.6) is 5.75 Å². The van der Waals surface area contributed by atoms with Crippen molar-refractivity contribution in [3.05, 3.63) is 84.9 Å². The number of anilines is 1. The Morgan fingerprint density at radius 1 is 1.10 bits per heavy atom. The molecule has 0 unspecified atom stereocenters.